The molecule has 1 aliphatic rings. The van der Waals surface area contributed by atoms with Crippen molar-refractivity contribution in [2.24, 2.45) is 5.92 Å². The average molecular weight is 357 g/mol. The van der Waals surface area contributed by atoms with Crippen LogP contribution in [0.5, 0.6) is 0 Å². The molecule has 3 N–H and O–H groups in total. The van der Waals surface area contributed by atoms with Crippen LogP contribution in [-0.2, 0) is 4.79 Å². The summed E-state index contributed by atoms with van der Waals surface area (Å²) in [6, 6.07) is 6.07. The van der Waals surface area contributed by atoms with Crippen molar-refractivity contribution in [1.29, 1.82) is 0 Å². The summed E-state index contributed by atoms with van der Waals surface area (Å²) in [7, 11) is 0. The van der Waals surface area contributed by atoms with Crippen molar-refractivity contribution in [1.82, 2.24) is 5.32 Å². The molecule has 3 nitrogen and oxygen atoms in total. The Labute approximate surface area is 133 Å². The first kappa shape index (κ1) is 15.7. The number of thioether (sulfide) groups is 1. The van der Waals surface area contributed by atoms with Crippen LogP contribution in [0, 0.1) is 5.92 Å². The molecule has 110 valence electrons. The van der Waals surface area contributed by atoms with Crippen molar-refractivity contribution in [3.63, 3.8) is 0 Å². The molecule has 1 amide bonds. The Bertz CT molecular complexity index is 473. The van der Waals surface area contributed by atoms with Crippen molar-refractivity contribution in [3.05, 3.63) is 22.7 Å². The zero-order valence-corrected chi connectivity index (χ0v) is 14.1. The van der Waals surface area contributed by atoms with Crippen LogP contribution in [-0.4, -0.2) is 17.7 Å². The maximum atomic E-state index is 12.0. The maximum Gasteiger partial charge on any atom is 0.230 e. The van der Waals surface area contributed by atoms with Crippen LogP contribution in [0.3, 0.4) is 0 Å². The van der Waals surface area contributed by atoms with Gasteiger partial charge in [0.05, 0.1) is 5.75 Å². The second-order valence-electron chi connectivity index (χ2n) is 5.50. The summed E-state index contributed by atoms with van der Waals surface area (Å²) in [4.78, 5) is 12.9. The number of rotatable bonds is 4. The Hall–Kier alpha value is -0.680. The number of amides is 1. The maximum absolute atomic E-state index is 12.0. The van der Waals surface area contributed by atoms with E-state index in [0.29, 0.717) is 11.8 Å². The fourth-order valence-electron chi connectivity index (χ4n) is 2.45. The predicted octanol–water partition coefficient (Wildman–Crippen LogP) is 3.82. The van der Waals surface area contributed by atoms with Gasteiger partial charge in [0, 0.05) is 21.1 Å². The fraction of sp³-hybridized carbons (Fsp3) is 0.533. The van der Waals surface area contributed by atoms with Crippen LogP contribution >= 0.6 is 27.7 Å². The zero-order chi connectivity index (χ0) is 14.5. The Morgan fingerprint density at radius 1 is 1.40 bits per heavy atom. The van der Waals surface area contributed by atoms with Gasteiger partial charge in [0.2, 0.25) is 5.91 Å². The largest absolute Gasteiger partial charge is 0.398 e. The number of halogens is 1. The van der Waals surface area contributed by atoms with Gasteiger partial charge in [-0.3, -0.25) is 4.79 Å². The van der Waals surface area contributed by atoms with Gasteiger partial charge in [0.15, 0.2) is 0 Å². The van der Waals surface area contributed by atoms with Crippen molar-refractivity contribution in [3.8, 4) is 0 Å². The first-order chi connectivity index (χ1) is 9.54. The highest BCUT2D eigenvalue weighted by molar-refractivity contribution is 9.10. The summed E-state index contributed by atoms with van der Waals surface area (Å²) in [6.45, 7) is 2.28. The van der Waals surface area contributed by atoms with E-state index in [4.69, 9.17) is 5.73 Å². The number of nitrogens with one attached hydrogen (secondary N) is 1. The molecule has 0 spiro atoms. The van der Waals surface area contributed by atoms with Crippen molar-refractivity contribution in [2.45, 2.75) is 43.5 Å². The van der Waals surface area contributed by atoms with E-state index in [2.05, 4.69) is 28.2 Å². The lowest BCUT2D eigenvalue weighted by Crippen LogP contribution is -2.38. The quantitative estimate of drug-likeness (QED) is 0.636. The number of carbonyl (C=O) groups is 1. The molecular weight excluding hydrogens is 336 g/mol. The SMILES string of the molecule is CC1CCC(NC(=O)CSc2cc(Br)ccc2N)CC1. The van der Waals surface area contributed by atoms with E-state index in [1.54, 1.807) is 0 Å². The molecule has 1 aromatic rings. The number of nitrogens with two attached hydrogens (primary N) is 1. The molecule has 0 unspecified atom stereocenters. The van der Waals surface area contributed by atoms with Crippen LogP contribution in [0.4, 0.5) is 5.69 Å². The van der Waals surface area contributed by atoms with E-state index < -0.39 is 0 Å². The van der Waals surface area contributed by atoms with Gasteiger partial charge in [-0.05, 0) is 49.8 Å². The second kappa shape index (κ2) is 7.36. The van der Waals surface area contributed by atoms with Crippen LogP contribution in [0.1, 0.15) is 32.6 Å². The van der Waals surface area contributed by atoms with Crippen LogP contribution in [0.25, 0.3) is 0 Å². The molecule has 1 aliphatic carbocycles. The second-order valence-corrected chi connectivity index (χ2v) is 7.43. The topological polar surface area (TPSA) is 55.1 Å². The van der Waals surface area contributed by atoms with Crippen LogP contribution in [0.15, 0.2) is 27.6 Å². The molecule has 0 heterocycles. The van der Waals surface area contributed by atoms with Crippen molar-refractivity contribution in [2.75, 3.05) is 11.5 Å². The molecular formula is C15H21BrN2OS. The van der Waals surface area contributed by atoms with Gasteiger partial charge in [-0.2, -0.15) is 0 Å². The fourth-order valence-corrected chi connectivity index (χ4v) is 3.78. The monoisotopic (exact) mass is 356 g/mol. The highest BCUT2D eigenvalue weighted by Gasteiger charge is 2.19. The van der Waals surface area contributed by atoms with Gasteiger partial charge < -0.3 is 11.1 Å². The Kier molecular flexibility index (Phi) is 5.78. The highest BCUT2D eigenvalue weighted by Crippen LogP contribution is 2.28. The molecule has 1 aromatic carbocycles. The summed E-state index contributed by atoms with van der Waals surface area (Å²) < 4.78 is 0.982. The van der Waals surface area contributed by atoms with Gasteiger partial charge in [0.1, 0.15) is 0 Å². The van der Waals surface area contributed by atoms with Gasteiger partial charge in [0.25, 0.3) is 0 Å². The number of hydrogen-bond donors (Lipinski definition) is 2. The standard InChI is InChI=1S/C15H21BrN2OS/c1-10-2-5-12(6-3-10)18-15(19)9-20-14-8-11(16)4-7-13(14)17/h4,7-8,10,12H,2-3,5-6,9,17H2,1H3,(H,18,19). The van der Waals surface area contributed by atoms with Crippen molar-refractivity contribution >= 4 is 39.3 Å². The molecule has 5 heteroatoms. The van der Waals surface area contributed by atoms with E-state index >= 15 is 0 Å². The summed E-state index contributed by atoms with van der Waals surface area (Å²) >= 11 is 4.91. The molecule has 2 rings (SSSR count). The van der Waals surface area contributed by atoms with E-state index in [9.17, 15) is 4.79 Å². The molecule has 0 radical (unpaired) electrons. The third kappa shape index (κ3) is 4.70. The predicted molar refractivity (Wildman–Crippen MR) is 88.8 cm³/mol. The third-order valence-electron chi connectivity index (χ3n) is 3.72. The van der Waals surface area contributed by atoms with Crippen LogP contribution < -0.4 is 11.1 Å². The summed E-state index contributed by atoms with van der Waals surface area (Å²) in [5.74, 6) is 1.33. The molecule has 0 saturated heterocycles. The van der Waals surface area contributed by atoms with Crippen molar-refractivity contribution < 1.29 is 4.79 Å². The average Bonchev–Trinajstić information content (AvgIpc) is 2.42. The first-order valence-electron chi connectivity index (χ1n) is 7.02. The van der Waals surface area contributed by atoms with E-state index in [-0.39, 0.29) is 5.91 Å². The molecule has 1 fully saturated rings. The minimum Gasteiger partial charge on any atom is -0.398 e. The lowest BCUT2D eigenvalue weighted by molar-refractivity contribution is -0.119. The van der Waals surface area contributed by atoms with Gasteiger partial charge >= 0.3 is 0 Å². The third-order valence-corrected chi connectivity index (χ3v) is 5.28. The lowest BCUT2D eigenvalue weighted by Gasteiger charge is -2.26. The van der Waals surface area contributed by atoms with E-state index in [1.165, 1.54) is 24.6 Å². The number of nitrogen functional groups attached to an aromatic ring is 1. The Morgan fingerprint density at radius 2 is 2.10 bits per heavy atom. The van der Waals surface area contributed by atoms with Crippen LogP contribution in [0.2, 0.25) is 0 Å². The first-order valence-corrected chi connectivity index (χ1v) is 8.79. The summed E-state index contributed by atoms with van der Waals surface area (Å²) in [5, 5.41) is 3.13. The Morgan fingerprint density at radius 3 is 2.80 bits per heavy atom. The highest BCUT2D eigenvalue weighted by atomic mass is 79.9. The van der Waals surface area contributed by atoms with Gasteiger partial charge in [-0.25, -0.2) is 0 Å². The minimum atomic E-state index is 0.105. The smallest absolute Gasteiger partial charge is 0.230 e. The number of carbonyl (C=O) groups excluding carboxylic acids is 1. The molecule has 0 atom stereocenters. The number of anilines is 1. The summed E-state index contributed by atoms with van der Waals surface area (Å²) in [6.07, 6.45) is 4.65. The molecule has 0 aliphatic heterocycles. The Balaban J connectivity index is 1.79. The number of hydrogen-bond acceptors (Lipinski definition) is 3. The van der Waals surface area contributed by atoms with E-state index in [1.807, 2.05) is 18.2 Å². The normalized spacial score (nSPS) is 22.5. The summed E-state index contributed by atoms with van der Waals surface area (Å²) in [5.41, 5.74) is 6.62. The minimum absolute atomic E-state index is 0.105. The lowest BCUT2D eigenvalue weighted by atomic mass is 9.87. The molecule has 0 aromatic heterocycles. The number of benzene rings is 1. The molecule has 0 bridgehead atoms. The molecule has 20 heavy (non-hydrogen) atoms. The molecule has 1 saturated carbocycles. The van der Waals surface area contributed by atoms with Gasteiger partial charge in [-0.1, -0.05) is 22.9 Å². The van der Waals surface area contributed by atoms with E-state index in [0.717, 1.165) is 33.8 Å². The zero-order valence-electron chi connectivity index (χ0n) is 11.7. The van der Waals surface area contributed by atoms with Gasteiger partial charge in [-0.15, -0.1) is 11.8 Å².